The van der Waals surface area contributed by atoms with Gasteiger partial charge in [-0.2, -0.15) is 0 Å². The first-order valence-corrected chi connectivity index (χ1v) is 10.3. The summed E-state index contributed by atoms with van der Waals surface area (Å²) in [4.78, 5) is 29.8. The predicted molar refractivity (Wildman–Crippen MR) is 114 cm³/mol. The fourth-order valence-electron chi connectivity index (χ4n) is 4.09. The highest BCUT2D eigenvalue weighted by Gasteiger charge is 2.31. The average Bonchev–Trinajstić information content (AvgIpc) is 3.17. The summed E-state index contributed by atoms with van der Waals surface area (Å²) in [7, 11) is 1.63. The van der Waals surface area contributed by atoms with Gasteiger partial charge in [0.15, 0.2) is 11.6 Å². The van der Waals surface area contributed by atoms with Crippen LogP contribution in [0.3, 0.4) is 0 Å². The molecule has 0 saturated heterocycles. The minimum Gasteiger partial charge on any atom is -0.373 e. The van der Waals surface area contributed by atoms with Gasteiger partial charge in [-0.25, -0.2) is 8.78 Å². The van der Waals surface area contributed by atoms with E-state index in [9.17, 15) is 18.4 Å². The van der Waals surface area contributed by atoms with Gasteiger partial charge >= 0.3 is 0 Å². The van der Waals surface area contributed by atoms with Crippen LogP contribution in [0.2, 0.25) is 0 Å². The summed E-state index contributed by atoms with van der Waals surface area (Å²) in [5, 5.41) is 0.307. The van der Waals surface area contributed by atoms with E-state index in [0.717, 1.165) is 22.1 Å². The number of ether oxygens (including phenoxy) is 1. The second-order valence-electron chi connectivity index (χ2n) is 7.51. The Bertz CT molecular complexity index is 1430. The number of nitrogens with zero attached hydrogens (tertiary/aromatic N) is 2. The second-order valence-corrected chi connectivity index (χ2v) is 8.43. The van der Waals surface area contributed by atoms with Crippen LogP contribution >= 0.6 is 15.9 Å². The predicted octanol–water partition coefficient (Wildman–Crippen LogP) is 4.17. The van der Waals surface area contributed by atoms with Crippen molar-refractivity contribution in [2.24, 2.45) is 0 Å². The lowest BCUT2D eigenvalue weighted by Crippen LogP contribution is -2.37. The molecular weight excluding hydrogens is 472 g/mol. The van der Waals surface area contributed by atoms with E-state index in [1.807, 2.05) is 22.7 Å². The number of benzene rings is 1. The van der Waals surface area contributed by atoms with Crippen LogP contribution in [0.1, 0.15) is 27.7 Å². The van der Waals surface area contributed by atoms with Gasteiger partial charge in [-0.3, -0.25) is 9.59 Å². The maximum absolute atomic E-state index is 14.0. The van der Waals surface area contributed by atoms with Crippen molar-refractivity contribution in [1.29, 1.82) is 0 Å². The smallest absolute Gasteiger partial charge is 0.256 e. The topological polar surface area (TPSA) is 66.8 Å². The molecule has 1 amide bonds. The molecule has 4 aromatic rings. The van der Waals surface area contributed by atoms with E-state index < -0.39 is 23.2 Å². The standard InChI is InChI=1S/C22H16BrF2N3O3/c1-27(22(30)11-4-13-3-2-12(23)8-28(13)7-11)19-10-31-9-18-20(19)14-5-16(24)17(25)6-15(14)21(29)26-18/h2-8,19H,9-10H2,1H3,(H,26,29)/t19-/m1/s1. The minimum absolute atomic E-state index is 0.0323. The maximum Gasteiger partial charge on any atom is 0.256 e. The number of H-pyrrole nitrogens is 1. The highest BCUT2D eigenvalue weighted by atomic mass is 79.9. The second kappa shape index (κ2) is 7.28. The summed E-state index contributed by atoms with van der Waals surface area (Å²) in [5.41, 5.74) is 1.80. The van der Waals surface area contributed by atoms with E-state index in [1.165, 1.54) is 4.90 Å². The van der Waals surface area contributed by atoms with Crippen molar-refractivity contribution < 1.29 is 18.3 Å². The monoisotopic (exact) mass is 487 g/mol. The molecule has 4 heterocycles. The van der Waals surface area contributed by atoms with Crippen molar-refractivity contribution in [2.45, 2.75) is 12.6 Å². The number of carbonyl (C=O) groups excluding carboxylic acids is 1. The molecule has 0 saturated carbocycles. The van der Waals surface area contributed by atoms with Gasteiger partial charge in [0.05, 0.1) is 30.2 Å². The van der Waals surface area contributed by atoms with Crippen molar-refractivity contribution in [1.82, 2.24) is 14.3 Å². The van der Waals surface area contributed by atoms with Gasteiger partial charge in [0.2, 0.25) is 0 Å². The fourth-order valence-corrected chi connectivity index (χ4v) is 4.44. The molecule has 0 fully saturated rings. The molecule has 1 aromatic carbocycles. The number of aromatic nitrogens is 2. The number of amides is 1. The molecule has 5 rings (SSSR count). The van der Waals surface area contributed by atoms with E-state index in [0.29, 0.717) is 16.8 Å². The number of halogens is 3. The van der Waals surface area contributed by atoms with Gasteiger partial charge in [-0.1, -0.05) is 0 Å². The number of hydrogen-bond acceptors (Lipinski definition) is 3. The van der Waals surface area contributed by atoms with E-state index >= 15 is 0 Å². The molecule has 9 heteroatoms. The number of rotatable bonds is 2. The first-order chi connectivity index (χ1) is 14.8. The molecule has 3 aromatic heterocycles. The Morgan fingerprint density at radius 2 is 1.94 bits per heavy atom. The highest BCUT2D eigenvalue weighted by Crippen LogP contribution is 2.34. The van der Waals surface area contributed by atoms with Gasteiger partial charge in [-0.15, -0.1) is 0 Å². The zero-order chi connectivity index (χ0) is 21.9. The van der Waals surface area contributed by atoms with Crippen molar-refractivity contribution in [3.05, 3.63) is 86.0 Å². The maximum atomic E-state index is 14.0. The molecule has 0 spiro atoms. The summed E-state index contributed by atoms with van der Waals surface area (Å²) in [6, 6.07) is 6.85. The Labute approximate surface area is 183 Å². The number of pyridine rings is 2. The third kappa shape index (κ3) is 3.24. The number of likely N-dealkylation sites (N-methyl/N-ethyl adjacent to an activating group) is 1. The molecule has 1 aliphatic rings. The Balaban J connectivity index is 1.61. The summed E-state index contributed by atoms with van der Waals surface area (Å²) < 4.78 is 36.1. The quantitative estimate of drug-likeness (QED) is 0.461. The highest BCUT2D eigenvalue weighted by molar-refractivity contribution is 9.10. The molecule has 1 aliphatic heterocycles. The third-order valence-electron chi connectivity index (χ3n) is 5.63. The first-order valence-electron chi connectivity index (χ1n) is 9.49. The Morgan fingerprint density at radius 3 is 2.71 bits per heavy atom. The first kappa shape index (κ1) is 19.9. The van der Waals surface area contributed by atoms with Crippen molar-refractivity contribution in [2.75, 3.05) is 13.7 Å². The van der Waals surface area contributed by atoms with Crippen molar-refractivity contribution in [3.8, 4) is 0 Å². The number of fused-ring (bicyclic) bond motifs is 4. The number of carbonyl (C=O) groups is 1. The van der Waals surface area contributed by atoms with Crippen LogP contribution in [0.4, 0.5) is 8.78 Å². The molecule has 6 nitrogen and oxygen atoms in total. The fraction of sp³-hybridized carbons (Fsp3) is 0.182. The molecule has 31 heavy (non-hydrogen) atoms. The van der Waals surface area contributed by atoms with Gasteiger partial charge in [0.25, 0.3) is 11.5 Å². The molecule has 0 unspecified atom stereocenters. The summed E-state index contributed by atoms with van der Waals surface area (Å²) in [5.74, 6) is -2.41. The van der Waals surface area contributed by atoms with Crippen LogP contribution in [0.15, 0.2) is 52.0 Å². The number of nitrogens with one attached hydrogen (secondary N) is 1. The molecule has 0 aliphatic carbocycles. The zero-order valence-electron chi connectivity index (χ0n) is 16.3. The van der Waals surface area contributed by atoms with Gasteiger partial charge in [0.1, 0.15) is 0 Å². The third-order valence-corrected chi connectivity index (χ3v) is 6.10. The molecular formula is C22H16BrF2N3O3. The molecule has 158 valence electrons. The molecule has 0 bridgehead atoms. The van der Waals surface area contributed by atoms with Crippen LogP contribution < -0.4 is 5.56 Å². The van der Waals surface area contributed by atoms with Crippen LogP contribution in [-0.4, -0.2) is 33.8 Å². The Morgan fingerprint density at radius 1 is 1.19 bits per heavy atom. The van der Waals surface area contributed by atoms with Crippen molar-refractivity contribution >= 4 is 38.1 Å². The largest absolute Gasteiger partial charge is 0.373 e. The van der Waals surface area contributed by atoms with Crippen LogP contribution in [-0.2, 0) is 11.3 Å². The molecule has 0 radical (unpaired) electrons. The zero-order valence-corrected chi connectivity index (χ0v) is 17.9. The minimum atomic E-state index is -1.10. The summed E-state index contributed by atoms with van der Waals surface area (Å²) in [6.07, 6.45) is 3.57. The number of aromatic amines is 1. The Kier molecular flexibility index (Phi) is 4.67. The Hall–Kier alpha value is -3.04. The molecule has 1 N–H and O–H groups in total. The van der Waals surface area contributed by atoms with Gasteiger partial charge in [-0.05, 0) is 51.6 Å². The lowest BCUT2D eigenvalue weighted by Gasteiger charge is -2.33. The summed E-state index contributed by atoms with van der Waals surface area (Å²) >= 11 is 3.41. The van der Waals surface area contributed by atoms with Gasteiger partial charge < -0.3 is 19.0 Å². The normalized spacial score (nSPS) is 15.9. The summed E-state index contributed by atoms with van der Waals surface area (Å²) in [6.45, 7) is 0.274. The van der Waals surface area contributed by atoms with E-state index in [4.69, 9.17) is 4.74 Å². The van der Waals surface area contributed by atoms with E-state index in [2.05, 4.69) is 20.9 Å². The van der Waals surface area contributed by atoms with E-state index in [1.54, 1.807) is 19.3 Å². The van der Waals surface area contributed by atoms with Crippen LogP contribution in [0.25, 0.3) is 16.3 Å². The van der Waals surface area contributed by atoms with Gasteiger partial charge in [0, 0.05) is 40.7 Å². The SMILES string of the molecule is CN(C(=O)c1cc2ccc(Br)cn2c1)[C@@H]1COCc2[nH]c(=O)c3cc(F)c(F)cc3c21. The van der Waals surface area contributed by atoms with Crippen LogP contribution in [0, 0.1) is 11.6 Å². The van der Waals surface area contributed by atoms with Crippen molar-refractivity contribution in [3.63, 3.8) is 0 Å². The lowest BCUT2D eigenvalue weighted by atomic mass is 9.95. The molecule has 1 atom stereocenters. The van der Waals surface area contributed by atoms with Crippen LogP contribution in [0.5, 0.6) is 0 Å². The van der Waals surface area contributed by atoms with E-state index in [-0.39, 0.29) is 29.9 Å². The average molecular weight is 488 g/mol. The lowest BCUT2D eigenvalue weighted by molar-refractivity contribution is 0.0336. The number of hydrogen-bond donors (Lipinski definition) is 1.